The Hall–Kier alpha value is -1.35. The molecule has 0 saturated heterocycles. The molecule has 1 rings (SSSR count). The first kappa shape index (κ1) is 15.7. The molecule has 0 spiro atoms. The molecule has 19 heavy (non-hydrogen) atoms. The van der Waals surface area contributed by atoms with Gasteiger partial charge >= 0.3 is 0 Å². The van der Waals surface area contributed by atoms with Crippen LogP contribution in [-0.4, -0.2) is 29.9 Å². The lowest BCUT2D eigenvalue weighted by Crippen LogP contribution is -2.38. The van der Waals surface area contributed by atoms with E-state index >= 15 is 0 Å². The second-order valence-electron chi connectivity index (χ2n) is 5.31. The van der Waals surface area contributed by atoms with Gasteiger partial charge in [0.2, 0.25) is 5.91 Å². The molecule has 3 nitrogen and oxygen atoms in total. The lowest BCUT2D eigenvalue weighted by atomic mass is 10.1. The average molecular weight is 262 g/mol. The van der Waals surface area contributed by atoms with Crippen LogP contribution < -0.4 is 5.73 Å². The second kappa shape index (κ2) is 7.95. The summed E-state index contributed by atoms with van der Waals surface area (Å²) in [5, 5.41) is 0. The van der Waals surface area contributed by atoms with E-state index in [0.717, 1.165) is 19.4 Å². The minimum Gasteiger partial charge on any atom is -0.340 e. The van der Waals surface area contributed by atoms with Crippen molar-refractivity contribution in [2.24, 2.45) is 5.73 Å². The fourth-order valence-corrected chi connectivity index (χ4v) is 2.08. The Labute approximate surface area is 116 Å². The highest BCUT2D eigenvalue weighted by atomic mass is 16.2. The molecule has 1 amide bonds. The lowest BCUT2D eigenvalue weighted by molar-refractivity contribution is -0.132. The number of nitrogens with zero attached hydrogens (tertiary/aromatic N) is 1. The maximum absolute atomic E-state index is 12.2. The Morgan fingerprint density at radius 3 is 2.42 bits per heavy atom. The monoisotopic (exact) mass is 262 g/mol. The lowest BCUT2D eigenvalue weighted by Gasteiger charge is -2.26. The summed E-state index contributed by atoms with van der Waals surface area (Å²) in [4.78, 5) is 14.1. The van der Waals surface area contributed by atoms with E-state index in [1.54, 1.807) is 0 Å². The highest BCUT2D eigenvalue weighted by Crippen LogP contribution is 2.09. The molecule has 0 fully saturated rings. The standard InChI is InChI=1S/C16H26N2O/c1-13(2)18(12-4-11-17)16(19)10-9-15-7-5-14(3)6-8-15/h5-8,13H,4,9-12,17H2,1-3H3. The predicted molar refractivity (Wildman–Crippen MR) is 80.0 cm³/mol. The Kier molecular flexibility index (Phi) is 6.57. The number of hydrogen-bond acceptors (Lipinski definition) is 2. The molecule has 1 aromatic rings. The van der Waals surface area contributed by atoms with Gasteiger partial charge in [-0.05, 0) is 45.7 Å². The van der Waals surface area contributed by atoms with E-state index in [0.29, 0.717) is 13.0 Å². The van der Waals surface area contributed by atoms with Crippen molar-refractivity contribution in [1.82, 2.24) is 4.90 Å². The van der Waals surface area contributed by atoms with Crippen LogP contribution in [0.2, 0.25) is 0 Å². The second-order valence-corrected chi connectivity index (χ2v) is 5.31. The van der Waals surface area contributed by atoms with Crippen molar-refractivity contribution in [2.45, 2.75) is 46.1 Å². The van der Waals surface area contributed by atoms with Crippen LogP contribution >= 0.6 is 0 Å². The minimum atomic E-state index is 0.226. The average Bonchev–Trinajstić information content (AvgIpc) is 2.38. The number of carbonyl (C=O) groups is 1. The molecule has 2 N–H and O–H groups in total. The molecule has 106 valence electrons. The third-order valence-corrected chi connectivity index (χ3v) is 3.29. The zero-order valence-electron chi connectivity index (χ0n) is 12.4. The van der Waals surface area contributed by atoms with Gasteiger partial charge in [0.25, 0.3) is 0 Å². The third kappa shape index (κ3) is 5.43. The van der Waals surface area contributed by atoms with Crippen molar-refractivity contribution in [1.29, 1.82) is 0 Å². The molecule has 3 heteroatoms. The van der Waals surface area contributed by atoms with Crippen molar-refractivity contribution >= 4 is 5.91 Å². The van der Waals surface area contributed by atoms with Crippen molar-refractivity contribution < 1.29 is 4.79 Å². The largest absolute Gasteiger partial charge is 0.340 e. The number of aryl methyl sites for hydroxylation is 2. The van der Waals surface area contributed by atoms with Crippen LogP contribution in [0.4, 0.5) is 0 Å². The van der Waals surface area contributed by atoms with Gasteiger partial charge in [-0.3, -0.25) is 4.79 Å². The van der Waals surface area contributed by atoms with Crippen LogP contribution in [0, 0.1) is 6.92 Å². The number of hydrogen-bond donors (Lipinski definition) is 1. The first-order chi connectivity index (χ1) is 9.04. The molecule has 0 aliphatic rings. The van der Waals surface area contributed by atoms with Crippen molar-refractivity contribution in [2.75, 3.05) is 13.1 Å². The van der Waals surface area contributed by atoms with Gasteiger partial charge in [0.05, 0.1) is 0 Å². The van der Waals surface area contributed by atoms with Crippen molar-refractivity contribution in [3.8, 4) is 0 Å². The van der Waals surface area contributed by atoms with Crippen molar-refractivity contribution in [3.05, 3.63) is 35.4 Å². The first-order valence-corrected chi connectivity index (χ1v) is 7.09. The normalized spacial score (nSPS) is 10.8. The van der Waals surface area contributed by atoms with Crippen LogP contribution in [0.5, 0.6) is 0 Å². The number of rotatable bonds is 7. The molecule has 0 radical (unpaired) electrons. The highest BCUT2D eigenvalue weighted by molar-refractivity contribution is 5.76. The summed E-state index contributed by atoms with van der Waals surface area (Å²) in [5.41, 5.74) is 7.99. The topological polar surface area (TPSA) is 46.3 Å². The fourth-order valence-electron chi connectivity index (χ4n) is 2.08. The van der Waals surface area contributed by atoms with Gasteiger partial charge < -0.3 is 10.6 Å². The van der Waals surface area contributed by atoms with Crippen LogP contribution in [-0.2, 0) is 11.2 Å². The smallest absolute Gasteiger partial charge is 0.223 e. The molecule has 0 aromatic heterocycles. The molecular formula is C16H26N2O. The van der Waals surface area contributed by atoms with E-state index in [9.17, 15) is 4.79 Å². The van der Waals surface area contributed by atoms with E-state index in [2.05, 4.69) is 45.0 Å². The van der Waals surface area contributed by atoms with E-state index in [1.165, 1.54) is 11.1 Å². The van der Waals surface area contributed by atoms with Crippen LogP contribution in [0.15, 0.2) is 24.3 Å². The van der Waals surface area contributed by atoms with Gasteiger partial charge in [-0.2, -0.15) is 0 Å². The van der Waals surface area contributed by atoms with Crippen LogP contribution in [0.3, 0.4) is 0 Å². The zero-order chi connectivity index (χ0) is 14.3. The van der Waals surface area contributed by atoms with Gasteiger partial charge in [-0.1, -0.05) is 29.8 Å². The number of amides is 1. The quantitative estimate of drug-likeness (QED) is 0.820. The fraction of sp³-hybridized carbons (Fsp3) is 0.562. The summed E-state index contributed by atoms with van der Waals surface area (Å²) >= 11 is 0. The first-order valence-electron chi connectivity index (χ1n) is 7.09. The van der Waals surface area contributed by atoms with Gasteiger partial charge in [0.1, 0.15) is 0 Å². The number of carbonyl (C=O) groups excluding carboxylic acids is 1. The summed E-state index contributed by atoms with van der Waals surface area (Å²) < 4.78 is 0. The zero-order valence-corrected chi connectivity index (χ0v) is 12.4. The molecule has 0 aliphatic heterocycles. The highest BCUT2D eigenvalue weighted by Gasteiger charge is 2.15. The number of nitrogens with two attached hydrogens (primary N) is 1. The number of benzene rings is 1. The molecule has 1 aromatic carbocycles. The van der Waals surface area contributed by atoms with Crippen LogP contribution in [0.25, 0.3) is 0 Å². The van der Waals surface area contributed by atoms with E-state index in [-0.39, 0.29) is 11.9 Å². The Morgan fingerprint density at radius 2 is 1.89 bits per heavy atom. The van der Waals surface area contributed by atoms with Gasteiger partial charge in [-0.25, -0.2) is 0 Å². The molecule has 0 heterocycles. The van der Waals surface area contributed by atoms with Gasteiger partial charge in [0.15, 0.2) is 0 Å². The maximum atomic E-state index is 12.2. The molecular weight excluding hydrogens is 236 g/mol. The van der Waals surface area contributed by atoms with Crippen LogP contribution in [0.1, 0.15) is 37.8 Å². The summed E-state index contributed by atoms with van der Waals surface area (Å²) in [6.07, 6.45) is 2.26. The van der Waals surface area contributed by atoms with Crippen molar-refractivity contribution in [3.63, 3.8) is 0 Å². The molecule has 0 bridgehead atoms. The van der Waals surface area contributed by atoms with E-state index in [4.69, 9.17) is 5.73 Å². The van der Waals surface area contributed by atoms with Gasteiger partial charge in [-0.15, -0.1) is 0 Å². The third-order valence-electron chi connectivity index (χ3n) is 3.29. The summed E-state index contributed by atoms with van der Waals surface area (Å²) in [7, 11) is 0. The Morgan fingerprint density at radius 1 is 1.26 bits per heavy atom. The van der Waals surface area contributed by atoms with E-state index in [1.807, 2.05) is 4.90 Å². The molecule has 0 saturated carbocycles. The summed E-state index contributed by atoms with van der Waals surface area (Å²) in [6.45, 7) is 7.58. The molecule has 0 aliphatic carbocycles. The van der Waals surface area contributed by atoms with E-state index < -0.39 is 0 Å². The Bertz CT molecular complexity index is 384. The minimum absolute atomic E-state index is 0.226. The SMILES string of the molecule is Cc1ccc(CCC(=O)N(CCCN)C(C)C)cc1. The summed E-state index contributed by atoms with van der Waals surface area (Å²) in [5.74, 6) is 0.226. The Balaban J connectivity index is 2.49. The van der Waals surface area contributed by atoms with Gasteiger partial charge in [0, 0.05) is 19.0 Å². The maximum Gasteiger partial charge on any atom is 0.223 e. The molecule has 0 unspecified atom stereocenters. The predicted octanol–water partition coefficient (Wildman–Crippen LogP) is 2.51. The summed E-state index contributed by atoms with van der Waals surface area (Å²) in [6, 6.07) is 8.63. The molecule has 0 atom stereocenters.